The molecule has 0 bridgehead atoms. The topological polar surface area (TPSA) is 55.4 Å². The van der Waals surface area contributed by atoms with Crippen molar-refractivity contribution >= 4 is 11.9 Å². The minimum absolute atomic E-state index is 0.0592. The zero-order valence-electron chi connectivity index (χ0n) is 11.8. The van der Waals surface area contributed by atoms with Gasteiger partial charge in [-0.2, -0.15) is 5.48 Å². The van der Waals surface area contributed by atoms with E-state index in [0.29, 0.717) is 0 Å². The van der Waals surface area contributed by atoms with E-state index in [1.54, 1.807) is 6.92 Å². The molecule has 0 saturated heterocycles. The minimum Gasteiger partial charge on any atom is -0.340 e. The number of hydrogen-bond acceptors (Lipinski definition) is 3. The SMILES string of the molecule is C[C@H](C(=O)NOC(=O)C1CCCCC1)c1ccccc1. The maximum absolute atomic E-state index is 11.9. The molecule has 1 amide bonds. The number of amides is 1. The summed E-state index contributed by atoms with van der Waals surface area (Å²) >= 11 is 0. The standard InChI is InChI=1S/C16H21NO3/c1-12(13-8-4-2-5-9-13)15(18)17-20-16(19)14-10-6-3-7-11-14/h2,4-5,8-9,12,14H,3,6-7,10-11H2,1H3,(H,17,18)/t12-/m0/s1. The maximum Gasteiger partial charge on any atom is 0.335 e. The summed E-state index contributed by atoms with van der Waals surface area (Å²) < 4.78 is 0. The molecule has 108 valence electrons. The number of carbonyl (C=O) groups is 2. The van der Waals surface area contributed by atoms with Crippen molar-refractivity contribution in [3.63, 3.8) is 0 Å². The van der Waals surface area contributed by atoms with Gasteiger partial charge in [0.25, 0.3) is 5.91 Å². The Hall–Kier alpha value is -1.84. The summed E-state index contributed by atoms with van der Waals surface area (Å²) in [5.41, 5.74) is 3.19. The molecule has 1 aliphatic rings. The number of nitrogens with one attached hydrogen (secondary N) is 1. The predicted molar refractivity (Wildman–Crippen MR) is 75.7 cm³/mol. The molecule has 1 aromatic rings. The summed E-state index contributed by atoms with van der Waals surface area (Å²) in [6.07, 6.45) is 5.04. The molecule has 1 atom stereocenters. The molecule has 1 saturated carbocycles. The predicted octanol–water partition coefficient (Wildman–Crippen LogP) is 2.94. The highest BCUT2D eigenvalue weighted by Gasteiger charge is 2.24. The largest absolute Gasteiger partial charge is 0.340 e. The van der Waals surface area contributed by atoms with Crippen LogP contribution in [0.1, 0.15) is 50.5 Å². The monoisotopic (exact) mass is 275 g/mol. The van der Waals surface area contributed by atoms with Crippen LogP contribution in [-0.2, 0) is 14.4 Å². The van der Waals surface area contributed by atoms with Crippen LogP contribution in [0, 0.1) is 5.92 Å². The number of carbonyl (C=O) groups excluding carboxylic acids is 2. The summed E-state index contributed by atoms with van der Waals surface area (Å²) in [5, 5.41) is 0. The van der Waals surface area contributed by atoms with E-state index in [9.17, 15) is 9.59 Å². The first kappa shape index (κ1) is 14.6. The van der Waals surface area contributed by atoms with Crippen LogP contribution in [0.15, 0.2) is 30.3 Å². The van der Waals surface area contributed by atoms with Crippen LogP contribution < -0.4 is 5.48 Å². The Morgan fingerprint density at radius 3 is 2.45 bits per heavy atom. The van der Waals surface area contributed by atoms with Gasteiger partial charge in [-0.25, -0.2) is 4.79 Å². The number of benzene rings is 1. The molecule has 1 fully saturated rings. The van der Waals surface area contributed by atoms with E-state index < -0.39 is 0 Å². The van der Waals surface area contributed by atoms with E-state index >= 15 is 0 Å². The second-order valence-electron chi connectivity index (χ2n) is 5.35. The first-order valence-corrected chi connectivity index (χ1v) is 7.24. The third-order valence-electron chi connectivity index (χ3n) is 3.88. The van der Waals surface area contributed by atoms with E-state index in [1.165, 1.54) is 6.42 Å². The molecule has 2 rings (SSSR count). The lowest BCUT2D eigenvalue weighted by molar-refractivity contribution is -0.163. The average Bonchev–Trinajstić information content (AvgIpc) is 2.53. The molecular weight excluding hydrogens is 254 g/mol. The van der Waals surface area contributed by atoms with Crippen LogP contribution in [0.4, 0.5) is 0 Å². The van der Waals surface area contributed by atoms with Crippen molar-refractivity contribution in [2.75, 3.05) is 0 Å². The summed E-state index contributed by atoms with van der Waals surface area (Å²) in [4.78, 5) is 28.7. The fourth-order valence-corrected chi connectivity index (χ4v) is 2.50. The first-order chi connectivity index (χ1) is 9.68. The van der Waals surface area contributed by atoms with Gasteiger partial charge in [-0.05, 0) is 25.3 Å². The Balaban J connectivity index is 1.81. The van der Waals surface area contributed by atoms with Gasteiger partial charge in [-0.3, -0.25) is 4.79 Å². The first-order valence-electron chi connectivity index (χ1n) is 7.24. The summed E-state index contributed by atoms with van der Waals surface area (Å²) in [6.45, 7) is 1.79. The number of rotatable bonds is 3. The second kappa shape index (κ2) is 7.08. The van der Waals surface area contributed by atoms with E-state index in [1.807, 2.05) is 30.3 Å². The molecule has 4 nitrogen and oxygen atoms in total. The molecular formula is C16H21NO3. The van der Waals surface area contributed by atoms with E-state index in [0.717, 1.165) is 31.2 Å². The molecule has 4 heteroatoms. The van der Waals surface area contributed by atoms with Crippen molar-refractivity contribution in [1.29, 1.82) is 0 Å². The third kappa shape index (κ3) is 3.83. The lowest BCUT2D eigenvalue weighted by Gasteiger charge is -2.20. The van der Waals surface area contributed by atoms with Crippen molar-refractivity contribution in [2.45, 2.75) is 44.9 Å². The molecule has 0 spiro atoms. The number of hydrogen-bond donors (Lipinski definition) is 1. The normalized spacial score (nSPS) is 17.2. The van der Waals surface area contributed by atoms with Gasteiger partial charge in [-0.15, -0.1) is 0 Å². The lowest BCUT2D eigenvalue weighted by Crippen LogP contribution is -2.33. The highest BCUT2D eigenvalue weighted by molar-refractivity contribution is 5.84. The van der Waals surface area contributed by atoms with E-state index in [4.69, 9.17) is 4.84 Å². The van der Waals surface area contributed by atoms with Gasteiger partial charge in [0.15, 0.2) is 0 Å². The van der Waals surface area contributed by atoms with Gasteiger partial charge in [0.05, 0.1) is 11.8 Å². The van der Waals surface area contributed by atoms with Crippen LogP contribution in [0.2, 0.25) is 0 Å². The van der Waals surface area contributed by atoms with Gasteiger partial charge in [0.2, 0.25) is 0 Å². The van der Waals surface area contributed by atoms with Crippen molar-refractivity contribution in [3.8, 4) is 0 Å². The van der Waals surface area contributed by atoms with E-state index in [-0.39, 0.29) is 23.7 Å². The Morgan fingerprint density at radius 1 is 1.15 bits per heavy atom. The molecule has 20 heavy (non-hydrogen) atoms. The van der Waals surface area contributed by atoms with Crippen molar-refractivity contribution in [1.82, 2.24) is 5.48 Å². The summed E-state index contributed by atoms with van der Waals surface area (Å²) in [5.74, 6) is -0.995. The average molecular weight is 275 g/mol. The van der Waals surface area contributed by atoms with Crippen LogP contribution >= 0.6 is 0 Å². The Morgan fingerprint density at radius 2 is 1.80 bits per heavy atom. The van der Waals surface area contributed by atoms with Crippen LogP contribution in [0.5, 0.6) is 0 Å². The van der Waals surface area contributed by atoms with Gasteiger partial charge < -0.3 is 4.84 Å². The number of hydroxylamine groups is 1. The van der Waals surface area contributed by atoms with Crippen molar-refractivity contribution in [2.24, 2.45) is 5.92 Å². The zero-order chi connectivity index (χ0) is 14.4. The molecule has 0 heterocycles. The lowest BCUT2D eigenvalue weighted by atomic mass is 9.89. The van der Waals surface area contributed by atoms with Crippen LogP contribution in [-0.4, -0.2) is 11.9 Å². The molecule has 0 unspecified atom stereocenters. The maximum atomic E-state index is 11.9. The van der Waals surface area contributed by atoms with Gasteiger partial charge in [0, 0.05) is 0 Å². The van der Waals surface area contributed by atoms with E-state index in [2.05, 4.69) is 5.48 Å². The molecule has 0 radical (unpaired) electrons. The Kier molecular flexibility index (Phi) is 5.16. The highest BCUT2D eigenvalue weighted by Crippen LogP contribution is 2.24. The molecule has 1 N–H and O–H groups in total. The van der Waals surface area contributed by atoms with Crippen LogP contribution in [0.25, 0.3) is 0 Å². The highest BCUT2D eigenvalue weighted by atomic mass is 16.7. The Bertz CT molecular complexity index is 452. The van der Waals surface area contributed by atoms with Crippen molar-refractivity contribution in [3.05, 3.63) is 35.9 Å². The van der Waals surface area contributed by atoms with Gasteiger partial charge >= 0.3 is 5.97 Å². The van der Waals surface area contributed by atoms with Gasteiger partial charge in [-0.1, -0.05) is 49.6 Å². The summed E-state index contributed by atoms with van der Waals surface area (Å²) in [7, 11) is 0. The van der Waals surface area contributed by atoms with Gasteiger partial charge in [0.1, 0.15) is 0 Å². The minimum atomic E-state index is -0.338. The smallest absolute Gasteiger partial charge is 0.335 e. The fraction of sp³-hybridized carbons (Fsp3) is 0.500. The molecule has 0 aromatic heterocycles. The third-order valence-corrected chi connectivity index (χ3v) is 3.88. The molecule has 1 aromatic carbocycles. The molecule has 1 aliphatic carbocycles. The Labute approximate surface area is 119 Å². The van der Waals surface area contributed by atoms with Crippen molar-refractivity contribution < 1.29 is 14.4 Å². The van der Waals surface area contributed by atoms with Crippen LogP contribution in [0.3, 0.4) is 0 Å². The molecule has 0 aliphatic heterocycles. The zero-order valence-corrected chi connectivity index (χ0v) is 11.8. The quantitative estimate of drug-likeness (QED) is 0.863. The summed E-state index contributed by atoms with van der Waals surface area (Å²) in [6, 6.07) is 9.43. The second-order valence-corrected chi connectivity index (χ2v) is 5.35. The fourth-order valence-electron chi connectivity index (χ4n) is 2.50.